The fourth-order valence-electron chi connectivity index (χ4n) is 5.37. The molecule has 1 aliphatic heterocycles. The number of aryl methyl sites for hydroxylation is 4. The summed E-state index contributed by atoms with van der Waals surface area (Å²) in [6.07, 6.45) is 7.32. The van der Waals surface area contributed by atoms with E-state index in [9.17, 15) is 9.90 Å². The molecule has 4 heterocycles. The lowest BCUT2D eigenvalue weighted by atomic mass is 10.1. The van der Waals surface area contributed by atoms with Gasteiger partial charge in [-0.3, -0.25) is 14.6 Å². The van der Waals surface area contributed by atoms with E-state index in [1.54, 1.807) is 10.9 Å². The minimum atomic E-state index is -0.890. The summed E-state index contributed by atoms with van der Waals surface area (Å²) in [5, 5.41) is 22.1. The highest BCUT2D eigenvalue weighted by Gasteiger charge is 2.21. The summed E-state index contributed by atoms with van der Waals surface area (Å²) in [7, 11) is 1.87. The van der Waals surface area contributed by atoms with Crippen LogP contribution in [0.25, 0.3) is 10.9 Å². The summed E-state index contributed by atoms with van der Waals surface area (Å²) in [5.74, 6) is 1.48. The molecule has 3 aromatic heterocycles. The molecule has 0 aliphatic carbocycles. The second kappa shape index (κ2) is 14.1. The van der Waals surface area contributed by atoms with Crippen LogP contribution in [-0.2, 0) is 24.7 Å². The molecule has 222 valence electrons. The summed E-state index contributed by atoms with van der Waals surface area (Å²) in [4.78, 5) is 23.7. The van der Waals surface area contributed by atoms with Crippen molar-refractivity contribution in [2.24, 2.45) is 7.05 Å². The first kappa shape index (κ1) is 29.3. The maximum Gasteiger partial charge on any atom is 0.326 e. The number of nitrogens with one attached hydrogen (secondary N) is 2. The van der Waals surface area contributed by atoms with Gasteiger partial charge in [-0.05, 0) is 87.9 Å². The van der Waals surface area contributed by atoms with Crippen LogP contribution in [0.4, 0.5) is 11.6 Å². The number of rotatable bonds is 15. The number of para-hydroxylation sites is 1. The standard InChI is InChI=1S/C32H41N7O3/c1-23-12-15-26(22-34-23)42-21-20-39(18-6-5-9-25-14-13-24-8-7-17-33-30(24)35-25)19-16-28(32(40)41)36-31-27-10-3-4-11-29(27)38(2)37-31/h3-4,10-15,22,28H,5-9,16-21H2,1-2H3,(H,33,35)(H,36,37)(H,40,41). The summed E-state index contributed by atoms with van der Waals surface area (Å²) in [5.41, 5.74) is 4.32. The van der Waals surface area contributed by atoms with Gasteiger partial charge in [-0.25, -0.2) is 9.78 Å². The molecule has 1 unspecified atom stereocenters. The molecule has 1 aliphatic rings. The van der Waals surface area contributed by atoms with Gasteiger partial charge in [0.15, 0.2) is 5.82 Å². The Balaban J connectivity index is 1.17. The van der Waals surface area contributed by atoms with Crippen molar-refractivity contribution in [1.29, 1.82) is 0 Å². The van der Waals surface area contributed by atoms with E-state index in [2.05, 4.69) is 37.7 Å². The Morgan fingerprint density at radius 2 is 2.02 bits per heavy atom. The zero-order valence-electron chi connectivity index (χ0n) is 24.6. The number of hydrogen-bond donors (Lipinski definition) is 3. The second-order valence-electron chi connectivity index (χ2n) is 10.9. The van der Waals surface area contributed by atoms with Crippen molar-refractivity contribution in [3.8, 4) is 5.75 Å². The van der Waals surface area contributed by atoms with Gasteiger partial charge < -0.3 is 20.5 Å². The molecular formula is C32H41N7O3. The van der Waals surface area contributed by atoms with Gasteiger partial charge in [0.1, 0.15) is 24.2 Å². The smallest absolute Gasteiger partial charge is 0.326 e. The van der Waals surface area contributed by atoms with Gasteiger partial charge in [-0.2, -0.15) is 5.10 Å². The molecule has 0 saturated carbocycles. The van der Waals surface area contributed by atoms with E-state index in [0.717, 1.165) is 79.1 Å². The van der Waals surface area contributed by atoms with Crippen molar-refractivity contribution in [3.05, 3.63) is 71.7 Å². The Morgan fingerprint density at radius 1 is 1.14 bits per heavy atom. The maximum absolute atomic E-state index is 12.2. The Kier molecular flexibility index (Phi) is 9.86. The molecule has 10 nitrogen and oxygen atoms in total. The third-order valence-electron chi connectivity index (χ3n) is 7.77. The zero-order chi connectivity index (χ0) is 29.3. The van der Waals surface area contributed by atoms with E-state index in [1.165, 1.54) is 5.56 Å². The van der Waals surface area contributed by atoms with E-state index in [1.807, 2.05) is 50.4 Å². The second-order valence-corrected chi connectivity index (χ2v) is 10.9. The van der Waals surface area contributed by atoms with Crippen molar-refractivity contribution < 1.29 is 14.6 Å². The average molecular weight is 572 g/mol. The fraction of sp³-hybridized carbons (Fsp3) is 0.438. The number of carboxylic acid groups (broad SMARTS) is 1. The molecule has 4 aromatic rings. The predicted molar refractivity (Wildman–Crippen MR) is 165 cm³/mol. The highest BCUT2D eigenvalue weighted by Crippen LogP contribution is 2.23. The molecule has 5 rings (SSSR count). The molecule has 0 amide bonds. The molecule has 42 heavy (non-hydrogen) atoms. The zero-order valence-corrected chi connectivity index (χ0v) is 24.6. The highest BCUT2D eigenvalue weighted by molar-refractivity contribution is 5.91. The number of anilines is 2. The number of benzene rings is 1. The number of unbranched alkanes of at least 4 members (excludes halogenated alkanes) is 1. The van der Waals surface area contributed by atoms with Crippen molar-refractivity contribution in [1.82, 2.24) is 24.6 Å². The number of carbonyl (C=O) groups is 1. The molecule has 0 spiro atoms. The maximum atomic E-state index is 12.2. The molecule has 1 atom stereocenters. The van der Waals surface area contributed by atoms with Gasteiger partial charge in [-0.15, -0.1) is 0 Å². The number of carboxylic acids is 1. The normalized spacial score (nSPS) is 13.5. The van der Waals surface area contributed by atoms with Crippen molar-refractivity contribution in [2.75, 3.05) is 43.4 Å². The van der Waals surface area contributed by atoms with Gasteiger partial charge in [-0.1, -0.05) is 18.2 Å². The topological polar surface area (TPSA) is 117 Å². The number of pyridine rings is 2. The first-order chi connectivity index (χ1) is 20.5. The number of nitrogens with zero attached hydrogens (tertiary/aromatic N) is 5. The number of fused-ring (bicyclic) bond motifs is 2. The van der Waals surface area contributed by atoms with Crippen LogP contribution >= 0.6 is 0 Å². The average Bonchev–Trinajstić information content (AvgIpc) is 3.32. The number of ether oxygens (including phenoxy) is 1. The first-order valence-corrected chi connectivity index (χ1v) is 14.9. The van der Waals surface area contributed by atoms with Crippen molar-refractivity contribution in [2.45, 2.75) is 51.5 Å². The summed E-state index contributed by atoms with van der Waals surface area (Å²) < 4.78 is 7.73. The molecular weight excluding hydrogens is 530 g/mol. The van der Waals surface area contributed by atoms with Gasteiger partial charge >= 0.3 is 5.97 Å². The van der Waals surface area contributed by atoms with Gasteiger partial charge in [0, 0.05) is 43.5 Å². The minimum Gasteiger partial charge on any atom is -0.491 e. The van der Waals surface area contributed by atoms with Crippen LogP contribution in [0.5, 0.6) is 5.75 Å². The molecule has 1 aromatic carbocycles. The lowest BCUT2D eigenvalue weighted by Crippen LogP contribution is -2.37. The van der Waals surface area contributed by atoms with Crippen LogP contribution in [-0.4, -0.2) is 74.6 Å². The number of hydrogen-bond acceptors (Lipinski definition) is 8. The Morgan fingerprint density at radius 3 is 2.86 bits per heavy atom. The summed E-state index contributed by atoms with van der Waals surface area (Å²) in [6, 6.07) is 15.3. The SMILES string of the molecule is Cc1ccc(OCCN(CCCCc2ccc3c(n2)NCCC3)CCC(Nc2nn(C)c3ccccc23)C(=O)O)cn1. The van der Waals surface area contributed by atoms with E-state index in [4.69, 9.17) is 9.72 Å². The molecule has 0 radical (unpaired) electrons. The van der Waals surface area contributed by atoms with Crippen molar-refractivity contribution in [3.63, 3.8) is 0 Å². The Hall–Kier alpha value is -4.18. The van der Waals surface area contributed by atoms with Crippen LogP contribution in [0, 0.1) is 6.92 Å². The molecule has 10 heteroatoms. The lowest BCUT2D eigenvalue weighted by molar-refractivity contribution is -0.138. The van der Waals surface area contributed by atoms with Gasteiger partial charge in [0.05, 0.1) is 11.7 Å². The molecule has 0 saturated heterocycles. The van der Waals surface area contributed by atoms with Gasteiger partial charge in [0.25, 0.3) is 0 Å². The lowest BCUT2D eigenvalue weighted by Gasteiger charge is -2.24. The highest BCUT2D eigenvalue weighted by atomic mass is 16.5. The van der Waals surface area contributed by atoms with E-state index in [0.29, 0.717) is 31.9 Å². The Bertz CT molecular complexity index is 1470. The minimum absolute atomic E-state index is 0.435. The molecule has 3 N–H and O–H groups in total. The van der Waals surface area contributed by atoms with E-state index >= 15 is 0 Å². The quantitative estimate of drug-likeness (QED) is 0.175. The predicted octanol–water partition coefficient (Wildman–Crippen LogP) is 4.69. The van der Waals surface area contributed by atoms with Crippen LogP contribution < -0.4 is 15.4 Å². The third kappa shape index (κ3) is 7.76. The number of aliphatic carboxylic acids is 1. The molecule has 0 bridgehead atoms. The largest absolute Gasteiger partial charge is 0.491 e. The molecule has 0 fully saturated rings. The monoisotopic (exact) mass is 571 g/mol. The van der Waals surface area contributed by atoms with Crippen LogP contribution in [0.2, 0.25) is 0 Å². The van der Waals surface area contributed by atoms with E-state index < -0.39 is 12.0 Å². The summed E-state index contributed by atoms with van der Waals surface area (Å²) in [6.45, 7) is 5.58. The fourth-order valence-corrected chi connectivity index (χ4v) is 5.37. The van der Waals surface area contributed by atoms with E-state index in [-0.39, 0.29) is 0 Å². The van der Waals surface area contributed by atoms with Gasteiger partial charge in [0.2, 0.25) is 0 Å². The van der Waals surface area contributed by atoms with Crippen LogP contribution in [0.3, 0.4) is 0 Å². The third-order valence-corrected chi connectivity index (χ3v) is 7.77. The first-order valence-electron chi connectivity index (χ1n) is 14.9. The Labute approximate surface area is 247 Å². The van der Waals surface area contributed by atoms with Crippen molar-refractivity contribution >= 4 is 28.5 Å². The summed E-state index contributed by atoms with van der Waals surface area (Å²) >= 11 is 0. The number of aromatic nitrogens is 4. The van der Waals surface area contributed by atoms with Crippen LogP contribution in [0.1, 0.15) is 42.6 Å². The van der Waals surface area contributed by atoms with Crippen LogP contribution in [0.15, 0.2) is 54.7 Å².